The van der Waals surface area contributed by atoms with Crippen molar-refractivity contribution in [1.82, 2.24) is 14.8 Å². The number of piperazine rings is 1. The predicted molar refractivity (Wildman–Crippen MR) is 81.3 cm³/mol. The summed E-state index contributed by atoms with van der Waals surface area (Å²) in [5, 5.41) is 4.51. The third kappa shape index (κ3) is 2.24. The maximum atomic E-state index is 4.51. The van der Waals surface area contributed by atoms with Crippen molar-refractivity contribution in [2.45, 2.75) is 13.8 Å². The number of anilines is 2. The van der Waals surface area contributed by atoms with Crippen LogP contribution >= 0.6 is 0 Å². The number of rotatable bonds is 2. The average Bonchev–Trinajstić information content (AvgIpc) is 2.73. The van der Waals surface area contributed by atoms with Crippen molar-refractivity contribution in [2.24, 2.45) is 7.05 Å². The van der Waals surface area contributed by atoms with E-state index in [1.54, 1.807) is 0 Å². The van der Waals surface area contributed by atoms with Crippen molar-refractivity contribution in [3.05, 3.63) is 35.8 Å². The smallest absolute Gasteiger partial charge is 0.128 e. The molecule has 0 atom stereocenters. The summed E-state index contributed by atoms with van der Waals surface area (Å²) in [6.45, 7) is 8.28. The van der Waals surface area contributed by atoms with Crippen LogP contribution in [0.5, 0.6) is 0 Å². The summed E-state index contributed by atoms with van der Waals surface area (Å²) in [4.78, 5) is 9.22. The van der Waals surface area contributed by atoms with Gasteiger partial charge in [0.25, 0.3) is 0 Å². The molecule has 1 aliphatic rings. The van der Waals surface area contributed by atoms with Gasteiger partial charge in [0.05, 0.1) is 17.1 Å². The van der Waals surface area contributed by atoms with E-state index in [4.69, 9.17) is 0 Å². The summed E-state index contributed by atoms with van der Waals surface area (Å²) in [7, 11) is 2.01. The molecule has 1 aliphatic heterocycles. The van der Waals surface area contributed by atoms with Gasteiger partial charge in [-0.15, -0.1) is 0 Å². The normalized spacial score (nSPS) is 15.8. The van der Waals surface area contributed by atoms with E-state index < -0.39 is 0 Å². The second kappa shape index (κ2) is 5.15. The largest absolute Gasteiger partial charge is 0.365 e. The maximum Gasteiger partial charge on any atom is 0.128 e. The van der Waals surface area contributed by atoms with Crippen molar-refractivity contribution < 1.29 is 0 Å². The summed E-state index contributed by atoms with van der Waals surface area (Å²) in [6.07, 6.45) is 1.86. The topological polar surface area (TPSA) is 37.2 Å². The number of pyridine rings is 1. The fraction of sp³-hybridized carbons (Fsp3) is 0.467. The molecule has 0 radical (unpaired) electrons. The lowest BCUT2D eigenvalue weighted by atomic mass is 10.2. The SMILES string of the molecule is Cc1nn(C)c(C)c1N1CCN(c2ccccn2)CC1. The van der Waals surface area contributed by atoms with E-state index >= 15 is 0 Å². The van der Waals surface area contributed by atoms with E-state index in [1.165, 1.54) is 11.4 Å². The standard InChI is InChI=1S/C15H21N5/c1-12-15(13(2)18(3)17-12)20-10-8-19(9-11-20)14-6-4-5-7-16-14/h4-7H,8-11H2,1-3H3. The lowest BCUT2D eigenvalue weighted by Gasteiger charge is -2.36. The van der Waals surface area contributed by atoms with Crippen LogP contribution in [0.1, 0.15) is 11.4 Å². The molecule has 1 fully saturated rings. The van der Waals surface area contributed by atoms with Crippen LogP contribution in [0.25, 0.3) is 0 Å². The number of aromatic nitrogens is 3. The summed E-state index contributed by atoms with van der Waals surface area (Å²) in [5.74, 6) is 1.08. The molecule has 1 saturated heterocycles. The Morgan fingerprint density at radius 3 is 2.25 bits per heavy atom. The second-order valence-corrected chi connectivity index (χ2v) is 5.31. The van der Waals surface area contributed by atoms with E-state index in [-0.39, 0.29) is 0 Å². The van der Waals surface area contributed by atoms with Gasteiger partial charge in [0.15, 0.2) is 0 Å². The minimum absolute atomic E-state index is 1.00. The number of nitrogens with zero attached hydrogens (tertiary/aromatic N) is 5. The summed E-state index contributed by atoms with van der Waals surface area (Å²) >= 11 is 0. The molecular weight excluding hydrogens is 250 g/mol. The van der Waals surface area contributed by atoms with Gasteiger partial charge >= 0.3 is 0 Å². The van der Waals surface area contributed by atoms with Crippen LogP contribution in [0.3, 0.4) is 0 Å². The van der Waals surface area contributed by atoms with Crippen molar-refractivity contribution >= 4 is 11.5 Å². The first-order valence-electron chi connectivity index (χ1n) is 7.08. The highest BCUT2D eigenvalue weighted by molar-refractivity contribution is 5.56. The summed E-state index contributed by atoms with van der Waals surface area (Å²) in [6, 6.07) is 6.09. The van der Waals surface area contributed by atoms with Crippen LogP contribution < -0.4 is 9.80 Å². The summed E-state index contributed by atoms with van der Waals surface area (Å²) < 4.78 is 1.97. The van der Waals surface area contributed by atoms with E-state index in [0.717, 1.165) is 37.7 Å². The molecule has 0 unspecified atom stereocenters. The van der Waals surface area contributed by atoms with Crippen LogP contribution in [0.15, 0.2) is 24.4 Å². The van der Waals surface area contributed by atoms with Crippen molar-refractivity contribution in [3.63, 3.8) is 0 Å². The van der Waals surface area contributed by atoms with E-state index in [9.17, 15) is 0 Å². The highest BCUT2D eigenvalue weighted by atomic mass is 15.3. The van der Waals surface area contributed by atoms with Crippen LogP contribution in [-0.4, -0.2) is 40.9 Å². The molecule has 0 aliphatic carbocycles. The zero-order valence-electron chi connectivity index (χ0n) is 12.4. The van der Waals surface area contributed by atoms with Crippen LogP contribution in [-0.2, 0) is 7.05 Å². The molecule has 0 aromatic carbocycles. The molecule has 3 heterocycles. The molecule has 20 heavy (non-hydrogen) atoms. The monoisotopic (exact) mass is 271 g/mol. The first-order valence-corrected chi connectivity index (χ1v) is 7.08. The van der Waals surface area contributed by atoms with E-state index in [0.29, 0.717) is 0 Å². The van der Waals surface area contributed by atoms with Gasteiger partial charge in [-0.2, -0.15) is 5.10 Å². The molecule has 0 bridgehead atoms. The highest BCUT2D eigenvalue weighted by Crippen LogP contribution is 2.25. The zero-order valence-corrected chi connectivity index (χ0v) is 12.4. The van der Waals surface area contributed by atoms with Crippen molar-refractivity contribution in [1.29, 1.82) is 0 Å². The fourth-order valence-corrected chi connectivity index (χ4v) is 2.92. The van der Waals surface area contributed by atoms with Crippen LogP contribution in [0.2, 0.25) is 0 Å². The molecule has 3 rings (SSSR count). The first kappa shape index (κ1) is 13.0. The third-order valence-corrected chi connectivity index (χ3v) is 4.04. The van der Waals surface area contributed by atoms with E-state index in [2.05, 4.69) is 39.8 Å². The molecular formula is C15H21N5. The Kier molecular flexibility index (Phi) is 3.34. The molecule has 106 valence electrons. The van der Waals surface area contributed by atoms with E-state index in [1.807, 2.05) is 30.1 Å². The third-order valence-electron chi connectivity index (χ3n) is 4.04. The molecule has 0 saturated carbocycles. The number of hydrogen-bond acceptors (Lipinski definition) is 4. The molecule has 0 amide bonds. The van der Waals surface area contributed by atoms with Crippen molar-refractivity contribution in [2.75, 3.05) is 36.0 Å². The number of hydrogen-bond donors (Lipinski definition) is 0. The van der Waals surface area contributed by atoms with Crippen LogP contribution in [0.4, 0.5) is 11.5 Å². The Bertz CT molecular complexity index is 582. The molecule has 2 aromatic heterocycles. The molecule has 0 N–H and O–H groups in total. The highest BCUT2D eigenvalue weighted by Gasteiger charge is 2.22. The minimum Gasteiger partial charge on any atom is -0.365 e. The fourth-order valence-electron chi connectivity index (χ4n) is 2.92. The Morgan fingerprint density at radius 1 is 1.00 bits per heavy atom. The quantitative estimate of drug-likeness (QED) is 0.834. The molecule has 0 spiro atoms. The Hall–Kier alpha value is -2.04. The number of aryl methyl sites for hydroxylation is 2. The molecule has 2 aromatic rings. The zero-order chi connectivity index (χ0) is 14.1. The molecule has 5 heteroatoms. The van der Waals surface area contributed by atoms with Crippen LogP contribution in [0, 0.1) is 13.8 Å². The van der Waals surface area contributed by atoms with Gasteiger partial charge in [0, 0.05) is 39.4 Å². The van der Waals surface area contributed by atoms with Gasteiger partial charge in [-0.05, 0) is 26.0 Å². The maximum absolute atomic E-state index is 4.51. The van der Waals surface area contributed by atoms with Gasteiger partial charge in [-0.1, -0.05) is 6.07 Å². The Morgan fingerprint density at radius 2 is 1.70 bits per heavy atom. The van der Waals surface area contributed by atoms with Gasteiger partial charge in [0.1, 0.15) is 5.82 Å². The van der Waals surface area contributed by atoms with Gasteiger partial charge in [0.2, 0.25) is 0 Å². The lowest BCUT2D eigenvalue weighted by Crippen LogP contribution is -2.47. The molecule has 5 nitrogen and oxygen atoms in total. The lowest BCUT2D eigenvalue weighted by molar-refractivity contribution is 0.644. The van der Waals surface area contributed by atoms with Gasteiger partial charge in [-0.25, -0.2) is 4.98 Å². The summed E-state index contributed by atoms with van der Waals surface area (Å²) in [5.41, 5.74) is 3.67. The Labute approximate surface area is 119 Å². The van der Waals surface area contributed by atoms with Gasteiger partial charge in [-0.3, -0.25) is 4.68 Å². The first-order chi connectivity index (χ1) is 9.66. The Balaban J connectivity index is 1.73. The average molecular weight is 271 g/mol. The second-order valence-electron chi connectivity index (χ2n) is 5.31. The van der Waals surface area contributed by atoms with Crippen molar-refractivity contribution in [3.8, 4) is 0 Å². The predicted octanol–water partition coefficient (Wildman–Crippen LogP) is 1.76. The van der Waals surface area contributed by atoms with Gasteiger partial charge < -0.3 is 9.80 Å². The minimum atomic E-state index is 1.00.